The first kappa shape index (κ1) is 19.9. The van der Waals surface area contributed by atoms with E-state index >= 15 is 0 Å². The van der Waals surface area contributed by atoms with Gasteiger partial charge in [0.1, 0.15) is 12.5 Å². The van der Waals surface area contributed by atoms with Gasteiger partial charge in [-0.3, -0.25) is 34.3 Å². The Hall–Kier alpha value is -4.40. The first-order chi connectivity index (χ1) is 14.9. The Kier molecular flexibility index (Phi) is 5.00. The monoisotopic (exact) mass is 419 g/mol. The van der Waals surface area contributed by atoms with Gasteiger partial charge in [0.05, 0.1) is 16.1 Å². The molecule has 8 nitrogen and oxygen atoms in total. The molecule has 31 heavy (non-hydrogen) atoms. The van der Waals surface area contributed by atoms with Crippen LogP contribution in [0.15, 0.2) is 72.8 Å². The van der Waals surface area contributed by atoms with Crippen LogP contribution < -0.4 is 4.90 Å². The number of hydrogen-bond acceptors (Lipinski definition) is 5. The van der Waals surface area contributed by atoms with E-state index < -0.39 is 35.1 Å². The summed E-state index contributed by atoms with van der Waals surface area (Å²) in [6, 6.07) is 16.2. The van der Waals surface area contributed by atoms with Crippen molar-refractivity contribution in [3.05, 3.63) is 105 Å². The Balaban J connectivity index is 1.69. The summed E-state index contributed by atoms with van der Waals surface area (Å²) in [5.41, 5.74) is 0.627. The second kappa shape index (κ2) is 7.79. The van der Waals surface area contributed by atoms with E-state index in [1.165, 1.54) is 48.5 Å². The highest BCUT2D eigenvalue weighted by Gasteiger charge is 2.37. The zero-order valence-electron chi connectivity index (χ0n) is 15.9. The average Bonchev–Trinajstić information content (AvgIpc) is 3.02. The van der Waals surface area contributed by atoms with E-state index in [4.69, 9.17) is 0 Å². The molecule has 0 aliphatic carbocycles. The molecule has 1 heterocycles. The molecule has 0 radical (unpaired) electrons. The van der Waals surface area contributed by atoms with Crippen LogP contribution in [-0.2, 0) is 0 Å². The van der Waals surface area contributed by atoms with Gasteiger partial charge in [0, 0.05) is 23.4 Å². The number of hydrogen-bond donors (Lipinski definition) is 0. The number of amides is 3. The summed E-state index contributed by atoms with van der Waals surface area (Å²) in [7, 11) is 0. The van der Waals surface area contributed by atoms with E-state index in [2.05, 4.69) is 0 Å². The van der Waals surface area contributed by atoms with E-state index in [0.29, 0.717) is 0 Å². The lowest BCUT2D eigenvalue weighted by Crippen LogP contribution is -2.44. The van der Waals surface area contributed by atoms with Gasteiger partial charge in [0.15, 0.2) is 0 Å². The number of benzene rings is 3. The third-order valence-corrected chi connectivity index (χ3v) is 4.87. The molecule has 0 saturated carbocycles. The van der Waals surface area contributed by atoms with Crippen LogP contribution in [0.25, 0.3) is 0 Å². The molecular formula is C22H14FN3O5. The third kappa shape index (κ3) is 3.64. The van der Waals surface area contributed by atoms with Gasteiger partial charge in [-0.05, 0) is 48.5 Å². The van der Waals surface area contributed by atoms with Crippen molar-refractivity contribution < 1.29 is 23.7 Å². The van der Waals surface area contributed by atoms with Crippen molar-refractivity contribution in [3.8, 4) is 0 Å². The SMILES string of the molecule is O=C1c2ccccc2C(=O)N1CN(C(=O)c1ccc([N+](=O)[O-])cc1)c1ccc(F)cc1. The predicted octanol–water partition coefficient (Wildman–Crippen LogP) is 3.63. The number of halogens is 1. The fourth-order valence-electron chi connectivity index (χ4n) is 3.27. The molecule has 3 aromatic rings. The Bertz CT molecular complexity index is 1170. The predicted molar refractivity (Wildman–Crippen MR) is 108 cm³/mol. The first-order valence-electron chi connectivity index (χ1n) is 9.14. The summed E-state index contributed by atoms with van der Waals surface area (Å²) in [4.78, 5) is 51.0. The lowest BCUT2D eigenvalue weighted by molar-refractivity contribution is -0.384. The molecule has 0 atom stereocenters. The lowest BCUT2D eigenvalue weighted by Gasteiger charge is -2.27. The molecule has 3 aromatic carbocycles. The quantitative estimate of drug-likeness (QED) is 0.357. The summed E-state index contributed by atoms with van der Waals surface area (Å²) in [5.74, 6) is -2.24. The van der Waals surface area contributed by atoms with E-state index in [0.717, 1.165) is 21.9 Å². The highest BCUT2D eigenvalue weighted by molar-refractivity contribution is 6.22. The van der Waals surface area contributed by atoms with Crippen molar-refractivity contribution in [1.29, 1.82) is 0 Å². The molecule has 4 rings (SSSR count). The highest BCUT2D eigenvalue weighted by Crippen LogP contribution is 2.26. The topological polar surface area (TPSA) is 101 Å². The van der Waals surface area contributed by atoms with Crippen molar-refractivity contribution in [1.82, 2.24) is 4.90 Å². The number of carbonyl (C=O) groups excluding carboxylic acids is 3. The van der Waals surface area contributed by atoms with Crippen LogP contribution in [0.3, 0.4) is 0 Å². The number of non-ortho nitro benzene ring substituents is 1. The van der Waals surface area contributed by atoms with Gasteiger partial charge in [-0.15, -0.1) is 0 Å². The van der Waals surface area contributed by atoms with Gasteiger partial charge in [-0.2, -0.15) is 0 Å². The van der Waals surface area contributed by atoms with Crippen LogP contribution in [0.5, 0.6) is 0 Å². The molecule has 9 heteroatoms. The summed E-state index contributed by atoms with van der Waals surface area (Å²) in [6.07, 6.45) is 0. The number of imide groups is 1. The number of nitro benzene ring substituents is 1. The molecule has 0 spiro atoms. The van der Waals surface area contributed by atoms with Crippen molar-refractivity contribution in [3.63, 3.8) is 0 Å². The Labute approximate surface area is 175 Å². The number of anilines is 1. The number of carbonyl (C=O) groups is 3. The van der Waals surface area contributed by atoms with E-state index in [-0.39, 0.29) is 28.1 Å². The molecule has 1 aliphatic rings. The maximum Gasteiger partial charge on any atom is 0.269 e. The smallest absolute Gasteiger partial charge is 0.269 e. The summed E-state index contributed by atoms with van der Waals surface area (Å²) >= 11 is 0. The van der Waals surface area contributed by atoms with Crippen molar-refractivity contribution >= 4 is 29.1 Å². The second-order valence-electron chi connectivity index (χ2n) is 6.74. The molecule has 3 amide bonds. The maximum absolute atomic E-state index is 13.4. The van der Waals surface area contributed by atoms with Gasteiger partial charge < -0.3 is 0 Å². The van der Waals surface area contributed by atoms with Crippen LogP contribution in [0.4, 0.5) is 15.8 Å². The van der Waals surface area contributed by atoms with Crippen molar-refractivity contribution in [2.75, 3.05) is 11.6 Å². The minimum atomic E-state index is -0.613. The minimum Gasteiger partial charge on any atom is -0.290 e. The molecule has 1 aliphatic heterocycles. The number of fused-ring (bicyclic) bond motifs is 1. The van der Waals surface area contributed by atoms with Crippen LogP contribution in [-0.4, -0.2) is 34.2 Å². The fourth-order valence-corrected chi connectivity index (χ4v) is 3.27. The Morgan fingerprint density at radius 2 is 1.45 bits per heavy atom. The molecule has 154 valence electrons. The van der Waals surface area contributed by atoms with Crippen LogP contribution in [0, 0.1) is 15.9 Å². The third-order valence-electron chi connectivity index (χ3n) is 4.87. The second-order valence-corrected chi connectivity index (χ2v) is 6.74. The molecular weight excluding hydrogens is 405 g/mol. The largest absolute Gasteiger partial charge is 0.290 e. The lowest BCUT2D eigenvalue weighted by atomic mass is 10.1. The number of rotatable bonds is 5. The van der Waals surface area contributed by atoms with Crippen LogP contribution in [0.2, 0.25) is 0 Å². The van der Waals surface area contributed by atoms with Gasteiger partial charge >= 0.3 is 0 Å². The van der Waals surface area contributed by atoms with Crippen LogP contribution in [0.1, 0.15) is 31.1 Å². The minimum absolute atomic E-state index is 0.103. The Morgan fingerprint density at radius 1 is 0.903 bits per heavy atom. The van der Waals surface area contributed by atoms with Crippen LogP contribution >= 0.6 is 0 Å². The van der Waals surface area contributed by atoms with Gasteiger partial charge in [0.25, 0.3) is 23.4 Å². The van der Waals surface area contributed by atoms with E-state index in [1.807, 2.05) is 0 Å². The molecule has 0 bridgehead atoms. The zero-order valence-corrected chi connectivity index (χ0v) is 15.9. The van der Waals surface area contributed by atoms with Crippen molar-refractivity contribution in [2.24, 2.45) is 0 Å². The summed E-state index contributed by atoms with van der Waals surface area (Å²) in [5, 5.41) is 10.9. The summed E-state index contributed by atoms with van der Waals surface area (Å²) < 4.78 is 13.4. The molecule has 0 N–H and O–H groups in total. The molecule has 0 unspecified atom stereocenters. The average molecular weight is 419 g/mol. The number of nitrogens with zero attached hydrogens (tertiary/aromatic N) is 3. The van der Waals surface area contributed by atoms with Gasteiger partial charge in [0.2, 0.25) is 0 Å². The van der Waals surface area contributed by atoms with E-state index in [9.17, 15) is 28.9 Å². The van der Waals surface area contributed by atoms with E-state index in [1.54, 1.807) is 12.1 Å². The zero-order chi connectivity index (χ0) is 22.1. The molecule has 0 fully saturated rings. The number of nitro groups is 1. The standard InChI is InChI=1S/C22H14FN3O5/c23-15-7-11-16(12-8-15)24(20(27)14-5-9-17(10-6-14)26(30)31)13-25-21(28)18-3-1-2-4-19(18)22(25)29/h1-12H,13H2. The molecule has 0 aromatic heterocycles. The Morgan fingerprint density at radius 3 is 1.97 bits per heavy atom. The summed E-state index contributed by atoms with van der Waals surface area (Å²) in [6.45, 7) is -0.409. The van der Waals surface area contributed by atoms with Gasteiger partial charge in [-0.25, -0.2) is 4.39 Å². The fraction of sp³-hybridized carbons (Fsp3) is 0.0455. The van der Waals surface area contributed by atoms with Gasteiger partial charge in [-0.1, -0.05) is 12.1 Å². The first-order valence-corrected chi connectivity index (χ1v) is 9.14. The normalized spacial score (nSPS) is 12.6. The molecule has 0 saturated heterocycles. The maximum atomic E-state index is 13.4. The van der Waals surface area contributed by atoms with Crippen molar-refractivity contribution in [2.45, 2.75) is 0 Å². The highest BCUT2D eigenvalue weighted by atomic mass is 19.1.